The Hall–Kier alpha value is -3.48. The monoisotopic (exact) mass is 471 g/mol. The standard InChI is InChI=1S/C19H11F6N5OS/c1-30-16(17(31)28-9-2-5-27-13(6-9)18(20,21)22)14(19(23,24)25)15(29-30)11-8-32-12-7-26-4-3-10(11)12/h2-8H,1H3,(H,27,28,31). The van der Waals surface area contributed by atoms with E-state index >= 15 is 0 Å². The lowest BCUT2D eigenvalue weighted by Crippen LogP contribution is -2.21. The first-order valence-electron chi connectivity index (χ1n) is 8.77. The zero-order chi connectivity index (χ0) is 23.3. The van der Waals surface area contributed by atoms with Gasteiger partial charge >= 0.3 is 12.4 Å². The molecular weight excluding hydrogens is 460 g/mol. The van der Waals surface area contributed by atoms with Crippen molar-refractivity contribution in [1.82, 2.24) is 19.7 Å². The molecule has 1 N–H and O–H groups in total. The van der Waals surface area contributed by atoms with Crippen molar-refractivity contribution < 1.29 is 31.1 Å². The third kappa shape index (κ3) is 3.90. The van der Waals surface area contributed by atoms with E-state index in [0.717, 1.165) is 35.3 Å². The van der Waals surface area contributed by atoms with Gasteiger partial charge in [-0.15, -0.1) is 11.3 Å². The van der Waals surface area contributed by atoms with Crippen LogP contribution in [-0.4, -0.2) is 25.7 Å². The van der Waals surface area contributed by atoms with Crippen LogP contribution in [0.4, 0.5) is 32.0 Å². The van der Waals surface area contributed by atoms with Gasteiger partial charge in [0.2, 0.25) is 0 Å². The van der Waals surface area contributed by atoms with E-state index in [2.05, 4.69) is 20.4 Å². The molecule has 0 atom stereocenters. The average Bonchev–Trinajstić information content (AvgIpc) is 3.28. The highest BCUT2D eigenvalue weighted by atomic mass is 32.1. The Labute approximate surface area is 179 Å². The van der Waals surface area contributed by atoms with Gasteiger partial charge in [-0.05, 0) is 18.2 Å². The minimum atomic E-state index is -4.97. The average molecular weight is 471 g/mol. The third-order valence-electron chi connectivity index (χ3n) is 4.49. The number of hydrogen-bond acceptors (Lipinski definition) is 5. The number of thiophene rings is 1. The van der Waals surface area contributed by atoms with Crippen LogP contribution in [0.1, 0.15) is 21.7 Å². The molecule has 0 saturated carbocycles. The first-order valence-corrected chi connectivity index (χ1v) is 9.65. The van der Waals surface area contributed by atoms with Crippen molar-refractivity contribution in [2.75, 3.05) is 5.32 Å². The minimum Gasteiger partial charge on any atom is -0.321 e. The third-order valence-corrected chi connectivity index (χ3v) is 5.42. The molecule has 0 unspecified atom stereocenters. The number of aryl methyl sites for hydroxylation is 1. The molecule has 4 rings (SSSR count). The number of carbonyl (C=O) groups excluding carboxylic acids is 1. The zero-order valence-corrected chi connectivity index (χ0v) is 16.7. The quantitative estimate of drug-likeness (QED) is 0.407. The summed E-state index contributed by atoms with van der Waals surface area (Å²) in [6.45, 7) is 0. The number of rotatable bonds is 3. The fourth-order valence-corrected chi connectivity index (χ4v) is 4.07. The molecule has 0 aliphatic heterocycles. The van der Waals surface area contributed by atoms with Crippen molar-refractivity contribution in [2.45, 2.75) is 12.4 Å². The Bertz CT molecular complexity index is 1320. The first kappa shape index (κ1) is 21.7. The fourth-order valence-electron chi connectivity index (χ4n) is 3.16. The highest BCUT2D eigenvalue weighted by Crippen LogP contribution is 2.42. The number of pyridine rings is 2. The van der Waals surface area contributed by atoms with Gasteiger partial charge in [-0.3, -0.25) is 19.4 Å². The Morgan fingerprint density at radius 3 is 2.53 bits per heavy atom. The molecule has 0 saturated heterocycles. The number of halogens is 6. The Balaban J connectivity index is 1.81. The number of aromatic nitrogens is 4. The van der Waals surface area contributed by atoms with E-state index < -0.39 is 40.9 Å². The molecular formula is C19H11F6N5OS. The SMILES string of the molecule is Cn1nc(-c2csc3cnccc23)c(C(F)(F)F)c1C(=O)Nc1ccnc(C(F)(F)F)c1. The topological polar surface area (TPSA) is 72.7 Å². The van der Waals surface area contributed by atoms with Crippen molar-refractivity contribution in [3.8, 4) is 11.3 Å². The molecule has 13 heteroatoms. The summed E-state index contributed by atoms with van der Waals surface area (Å²) in [7, 11) is 1.15. The maximum atomic E-state index is 14.0. The summed E-state index contributed by atoms with van der Waals surface area (Å²) in [5.41, 5.74) is -4.09. The predicted molar refractivity (Wildman–Crippen MR) is 104 cm³/mol. The van der Waals surface area contributed by atoms with Crippen LogP contribution in [0.15, 0.2) is 42.2 Å². The molecule has 4 aromatic rings. The zero-order valence-electron chi connectivity index (χ0n) is 15.9. The number of amides is 1. The summed E-state index contributed by atoms with van der Waals surface area (Å²) in [6.07, 6.45) is -6.04. The molecule has 0 bridgehead atoms. The van der Waals surface area contributed by atoms with Crippen LogP contribution < -0.4 is 5.32 Å². The number of nitrogens with one attached hydrogen (secondary N) is 1. The maximum absolute atomic E-state index is 14.0. The maximum Gasteiger partial charge on any atom is 0.433 e. The van der Waals surface area contributed by atoms with Crippen LogP contribution in [0.25, 0.3) is 21.3 Å². The summed E-state index contributed by atoms with van der Waals surface area (Å²) < 4.78 is 82.1. The van der Waals surface area contributed by atoms with Gasteiger partial charge in [0.05, 0.1) is 4.70 Å². The molecule has 4 aromatic heterocycles. The Morgan fingerprint density at radius 2 is 1.84 bits per heavy atom. The Morgan fingerprint density at radius 1 is 1.09 bits per heavy atom. The molecule has 0 aliphatic carbocycles. The van der Waals surface area contributed by atoms with E-state index in [1.54, 1.807) is 0 Å². The Kier molecular flexibility index (Phi) is 5.15. The van der Waals surface area contributed by atoms with E-state index in [1.807, 2.05) is 0 Å². The van der Waals surface area contributed by atoms with Crippen molar-refractivity contribution in [2.24, 2.45) is 7.05 Å². The van der Waals surface area contributed by atoms with Gasteiger partial charge < -0.3 is 5.32 Å². The first-order chi connectivity index (χ1) is 15.0. The molecule has 0 aliphatic rings. The normalized spacial score (nSPS) is 12.3. The molecule has 166 valence electrons. The van der Waals surface area contributed by atoms with Crippen LogP contribution in [0.2, 0.25) is 0 Å². The highest BCUT2D eigenvalue weighted by Gasteiger charge is 2.42. The number of nitrogens with zero attached hydrogens (tertiary/aromatic N) is 4. The van der Waals surface area contributed by atoms with Crippen LogP contribution in [-0.2, 0) is 19.4 Å². The predicted octanol–water partition coefficient (Wildman–Crippen LogP) is 5.38. The van der Waals surface area contributed by atoms with E-state index in [-0.39, 0.29) is 11.3 Å². The molecule has 4 heterocycles. The van der Waals surface area contributed by atoms with Crippen LogP contribution in [0, 0.1) is 0 Å². The van der Waals surface area contributed by atoms with Crippen LogP contribution >= 0.6 is 11.3 Å². The lowest BCUT2D eigenvalue weighted by molar-refractivity contribution is -0.141. The summed E-state index contributed by atoms with van der Waals surface area (Å²) in [5.74, 6) is -1.26. The smallest absolute Gasteiger partial charge is 0.321 e. The lowest BCUT2D eigenvalue weighted by atomic mass is 10.0. The van der Waals surface area contributed by atoms with E-state index in [4.69, 9.17) is 0 Å². The van der Waals surface area contributed by atoms with E-state index in [1.165, 1.54) is 23.8 Å². The van der Waals surface area contributed by atoms with Gasteiger partial charge in [-0.1, -0.05) is 0 Å². The molecule has 0 aromatic carbocycles. The summed E-state index contributed by atoms with van der Waals surface area (Å²) >= 11 is 1.16. The number of fused-ring (bicyclic) bond motifs is 1. The number of carbonyl (C=O) groups is 1. The number of alkyl halides is 6. The van der Waals surface area contributed by atoms with Crippen molar-refractivity contribution in [3.63, 3.8) is 0 Å². The van der Waals surface area contributed by atoms with Crippen LogP contribution in [0.3, 0.4) is 0 Å². The number of hydrogen-bond donors (Lipinski definition) is 1. The van der Waals surface area contributed by atoms with Gasteiger partial charge in [-0.2, -0.15) is 31.4 Å². The molecule has 6 nitrogen and oxygen atoms in total. The highest BCUT2D eigenvalue weighted by molar-refractivity contribution is 7.17. The van der Waals surface area contributed by atoms with Crippen molar-refractivity contribution in [1.29, 1.82) is 0 Å². The summed E-state index contributed by atoms with van der Waals surface area (Å²) in [5, 5.41) is 7.94. The molecule has 0 spiro atoms. The van der Waals surface area contributed by atoms with Gasteiger partial charge in [0.25, 0.3) is 5.91 Å². The second kappa shape index (κ2) is 7.58. The second-order valence-corrected chi connectivity index (χ2v) is 7.51. The molecule has 0 radical (unpaired) electrons. The van der Waals surface area contributed by atoms with E-state index in [9.17, 15) is 31.1 Å². The molecule has 1 amide bonds. The lowest BCUT2D eigenvalue weighted by Gasteiger charge is -2.12. The minimum absolute atomic E-state index is 0.164. The summed E-state index contributed by atoms with van der Waals surface area (Å²) in [6, 6.07) is 3.10. The van der Waals surface area contributed by atoms with Gasteiger partial charge in [0, 0.05) is 47.7 Å². The van der Waals surface area contributed by atoms with Crippen molar-refractivity contribution >= 4 is 33.0 Å². The molecule has 32 heavy (non-hydrogen) atoms. The van der Waals surface area contributed by atoms with Crippen molar-refractivity contribution in [3.05, 3.63) is 59.1 Å². The largest absolute Gasteiger partial charge is 0.433 e. The number of anilines is 1. The van der Waals surface area contributed by atoms with Gasteiger partial charge in [-0.25, -0.2) is 0 Å². The van der Waals surface area contributed by atoms with E-state index in [0.29, 0.717) is 16.2 Å². The fraction of sp³-hybridized carbons (Fsp3) is 0.158. The summed E-state index contributed by atoms with van der Waals surface area (Å²) in [4.78, 5) is 19.8. The second-order valence-electron chi connectivity index (χ2n) is 6.60. The van der Waals surface area contributed by atoms with Crippen LogP contribution in [0.5, 0.6) is 0 Å². The van der Waals surface area contributed by atoms with Gasteiger partial charge in [0.1, 0.15) is 22.6 Å². The van der Waals surface area contributed by atoms with Gasteiger partial charge in [0.15, 0.2) is 0 Å². The molecule has 0 fully saturated rings.